The number of hydrogen-bond acceptors (Lipinski definition) is 9. The maximum atomic E-state index is 13.7. The number of cyclic esters (lactones) is 1. The molecule has 1 fully saturated rings. The maximum absolute atomic E-state index is 13.7. The molecule has 4 rings (SSSR count). The summed E-state index contributed by atoms with van der Waals surface area (Å²) in [6.45, 7) is 11.9. The van der Waals surface area contributed by atoms with Crippen LogP contribution in [0.2, 0.25) is 0 Å². The number of carbonyl (C=O) groups is 2. The quantitative estimate of drug-likeness (QED) is 0.104. The lowest BCUT2D eigenvalue weighted by Gasteiger charge is -2.27. The molecule has 0 saturated carbocycles. The van der Waals surface area contributed by atoms with E-state index < -0.39 is 25.9 Å². The summed E-state index contributed by atoms with van der Waals surface area (Å²) in [5.41, 5.74) is 4.39. The number of esters is 2. The molecule has 0 spiro atoms. The van der Waals surface area contributed by atoms with Crippen molar-refractivity contribution in [2.75, 3.05) is 45.6 Å². The van der Waals surface area contributed by atoms with E-state index in [1.54, 1.807) is 31.2 Å². The van der Waals surface area contributed by atoms with Gasteiger partial charge in [-0.05, 0) is 63.3 Å². The number of phenolic OH excluding ortho intramolecular Hbond substituents is 1. The molecule has 2 heterocycles. The highest BCUT2D eigenvalue weighted by atomic mass is 31.1. The maximum Gasteiger partial charge on any atom is 0.342 e. The Morgan fingerprint density at radius 3 is 2.63 bits per heavy atom. The highest BCUT2D eigenvalue weighted by Crippen LogP contribution is 2.39. The SMILES string of the molecule is CCc1c(C)c2c(c(O)c1CC=C(C)C[PH](=O)N(Oc1ccccc1)[C@@H](C)C(=O)OCCCN1CCOCC1)C(=O)OC2. The van der Waals surface area contributed by atoms with Crippen molar-refractivity contribution in [1.82, 2.24) is 9.73 Å². The Bertz CT molecular complexity index is 1340. The minimum Gasteiger partial charge on any atom is -0.507 e. The lowest BCUT2D eigenvalue weighted by Crippen LogP contribution is -2.39. The molecule has 43 heavy (non-hydrogen) atoms. The molecular weight excluding hydrogens is 571 g/mol. The molecule has 2 aromatic carbocycles. The third kappa shape index (κ3) is 8.26. The molecule has 2 aliphatic rings. The fourth-order valence-electron chi connectivity index (χ4n) is 5.45. The first kappa shape index (κ1) is 32.7. The number of para-hydroxylation sites is 1. The van der Waals surface area contributed by atoms with Crippen LogP contribution in [0.3, 0.4) is 0 Å². The third-order valence-electron chi connectivity index (χ3n) is 7.94. The summed E-state index contributed by atoms with van der Waals surface area (Å²) in [7, 11) is -2.64. The Labute approximate surface area is 254 Å². The van der Waals surface area contributed by atoms with E-state index in [0.29, 0.717) is 43.8 Å². The van der Waals surface area contributed by atoms with Crippen molar-refractivity contribution < 1.29 is 38.3 Å². The minimum absolute atomic E-state index is 0.0457. The zero-order valence-corrected chi connectivity index (χ0v) is 26.5. The summed E-state index contributed by atoms with van der Waals surface area (Å²) in [6, 6.07) is 8.03. The summed E-state index contributed by atoms with van der Waals surface area (Å²) in [5.74, 6) is -0.597. The van der Waals surface area contributed by atoms with Gasteiger partial charge in [-0.3, -0.25) is 9.69 Å². The van der Waals surface area contributed by atoms with Gasteiger partial charge in [0.15, 0.2) is 7.95 Å². The Balaban J connectivity index is 1.43. The van der Waals surface area contributed by atoms with Crippen LogP contribution in [-0.4, -0.2) is 78.4 Å². The van der Waals surface area contributed by atoms with Crippen molar-refractivity contribution in [3.63, 3.8) is 0 Å². The van der Waals surface area contributed by atoms with Gasteiger partial charge in [0.1, 0.15) is 29.7 Å². The highest BCUT2D eigenvalue weighted by Gasteiger charge is 2.32. The van der Waals surface area contributed by atoms with Crippen LogP contribution in [0, 0.1) is 6.92 Å². The molecule has 0 aliphatic carbocycles. The molecule has 1 unspecified atom stereocenters. The number of hydrogen-bond donors (Lipinski definition) is 1. The zero-order chi connectivity index (χ0) is 30.9. The van der Waals surface area contributed by atoms with Crippen LogP contribution < -0.4 is 4.84 Å². The van der Waals surface area contributed by atoms with Crippen molar-refractivity contribution in [1.29, 1.82) is 0 Å². The predicted molar refractivity (Wildman–Crippen MR) is 164 cm³/mol. The Morgan fingerprint density at radius 2 is 1.93 bits per heavy atom. The first-order chi connectivity index (χ1) is 20.7. The number of benzene rings is 2. The molecule has 0 aromatic heterocycles. The third-order valence-corrected chi connectivity index (χ3v) is 9.77. The van der Waals surface area contributed by atoms with Crippen LogP contribution in [0.1, 0.15) is 59.8 Å². The van der Waals surface area contributed by atoms with Crippen LogP contribution in [0.4, 0.5) is 0 Å². The standard InChI is InChI=1S/C32H43N2O8P/c1-5-26-23(3)28-20-41-32(37)29(28)30(35)27(26)13-12-22(2)21-43(38)34(42-25-10-7-6-8-11-25)24(4)31(36)40-17-9-14-33-15-18-39-19-16-33/h6-8,10-12,24,35,43H,5,9,13-21H2,1-4H3/t24-/m0/s1. The predicted octanol–water partition coefficient (Wildman–Crippen LogP) is 4.85. The Kier molecular flexibility index (Phi) is 11.8. The molecule has 10 nitrogen and oxygen atoms in total. The summed E-state index contributed by atoms with van der Waals surface area (Å²) >= 11 is 0. The summed E-state index contributed by atoms with van der Waals surface area (Å²) in [4.78, 5) is 34.8. The topological polar surface area (TPSA) is 115 Å². The highest BCUT2D eigenvalue weighted by molar-refractivity contribution is 7.42. The monoisotopic (exact) mass is 614 g/mol. The fraction of sp³-hybridized carbons (Fsp3) is 0.500. The van der Waals surface area contributed by atoms with E-state index >= 15 is 0 Å². The Hall–Kier alpha value is -3.17. The van der Waals surface area contributed by atoms with Gasteiger partial charge in [0.25, 0.3) is 0 Å². The van der Waals surface area contributed by atoms with Crippen molar-refractivity contribution in [2.45, 2.75) is 59.6 Å². The lowest BCUT2D eigenvalue weighted by atomic mass is 9.89. The van der Waals surface area contributed by atoms with E-state index in [1.807, 2.05) is 32.9 Å². The summed E-state index contributed by atoms with van der Waals surface area (Å²) in [6.07, 6.45) is 3.81. The molecule has 2 aromatic rings. The number of morpholine rings is 1. The number of aromatic hydroxyl groups is 1. The number of fused-ring (bicyclic) bond motifs is 1. The molecule has 2 aliphatic heterocycles. The molecule has 1 N–H and O–H groups in total. The lowest BCUT2D eigenvalue weighted by molar-refractivity contribution is -0.154. The summed E-state index contributed by atoms with van der Waals surface area (Å²) in [5, 5.41) is 11.0. The van der Waals surface area contributed by atoms with E-state index in [2.05, 4.69) is 4.90 Å². The van der Waals surface area contributed by atoms with Gasteiger partial charge in [-0.25, -0.2) is 4.79 Å². The average molecular weight is 615 g/mol. The number of hydroxylamine groups is 1. The number of allylic oxidation sites excluding steroid dienone is 2. The smallest absolute Gasteiger partial charge is 0.342 e. The van der Waals surface area contributed by atoms with Crippen molar-refractivity contribution >= 4 is 19.9 Å². The van der Waals surface area contributed by atoms with E-state index in [0.717, 1.165) is 41.9 Å². The number of phenols is 1. The minimum atomic E-state index is -2.64. The normalized spacial score (nSPS) is 17.0. The van der Waals surface area contributed by atoms with Crippen LogP contribution >= 0.6 is 7.95 Å². The molecule has 0 amide bonds. The van der Waals surface area contributed by atoms with E-state index in [4.69, 9.17) is 19.0 Å². The number of nitrogens with zero attached hydrogens (tertiary/aromatic N) is 2. The second-order valence-corrected chi connectivity index (χ2v) is 12.5. The molecule has 0 radical (unpaired) electrons. The molecule has 1 saturated heterocycles. The van der Waals surface area contributed by atoms with Crippen molar-refractivity contribution in [2.24, 2.45) is 0 Å². The summed E-state index contributed by atoms with van der Waals surface area (Å²) < 4.78 is 29.8. The van der Waals surface area contributed by atoms with E-state index in [9.17, 15) is 19.3 Å². The molecular formula is C32H43N2O8P. The number of carbonyl (C=O) groups excluding carboxylic acids is 2. The van der Waals surface area contributed by atoms with Gasteiger partial charge in [0.05, 0.1) is 19.8 Å². The molecule has 0 bridgehead atoms. The van der Waals surface area contributed by atoms with Crippen LogP contribution in [0.15, 0.2) is 42.0 Å². The van der Waals surface area contributed by atoms with Crippen molar-refractivity contribution in [3.05, 3.63) is 69.8 Å². The first-order valence-electron chi connectivity index (χ1n) is 14.9. The van der Waals surface area contributed by atoms with Crippen LogP contribution in [-0.2, 0) is 43.0 Å². The molecule has 234 valence electrons. The van der Waals surface area contributed by atoms with Gasteiger partial charge in [0.2, 0.25) is 0 Å². The van der Waals surface area contributed by atoms with Gasteiger partial charge in [-0.2, -0.15) is 0 Å². The largest absolute Gasteiger partial charge is 0.507 e. The van der Waals surface area contributed by atoms with Gasteiger partial charge in [-0.15, -0.1) is 0 Å². The number of rotatable bonds is 14. The second kappa shape index (κ2) is 15.5. The van der Waals surface area contributed by atoms with Gasteiger partial charge < -0.3 is 28.7 Å². The van der Waals surface area contributed by atoms with Crippen LogP contribution in [0.5, 0.6) is 11.5 Å². The van der Waals surface area contributed by atoms with Gasteiger partial charge >= 0.3 is 11.9 Å². The Morgan fingerprint density at radius 1 is 1.21 bits per heavy atom. The second-order valence-electron chi connectivity index (χ2n) is 10.9. The van der Waals surface area contributed by atoms with E-state index in [-0.39, 0.29) is 30.7 Å². The average Bonchev–Trinajstić information content (AvgIpc) is 3.41. The molecule has 2 atom stereocenters. The van der Waals surface area contributed by atoms with Gasteiger partial charge in [0, 0.05) is 36.9 Å². The number of ether oxygens (including phenoxy) is 3. The van der Waals surface area contributed by atoms with Crippen LogP contribution in [0.25, 0.3) is 0 Å². The molecule has 11 heteroatoms. The zero-order valence-electron chi connectivity index (χ0n) is 25.5. The van der Waals surface area contributed by atoms with E-state index in [1.165, 1.54) is 4.83 Å². The van der Waals surface area contributed by atoms with Crippen molar-refractivity contribution in [3.8, 4) is 11.5 Å². The fourth-order valence-corrected chi connectivity index (χ4v) is 6.97. The van der Waals surface area contributed by atoms with Gasteiger partial charge in [-0.1, -0.05) is 41.6 Å². The first-order valence-corrected chi connectivity index (χ1v) is 16.5.